The molecule has 0 aromatic heterocycles. The van der Waals surface area contributed by atoms with Crippen LogP contribution in [0.25, 0.3) is 11.1 Å². The minimum atomic E-state index is 0.579. The highest BCUT2D eigenvalue weighted by molar-refractivity contribution is 5.69. The fourth-order valence-electron chi connectivity index (χ4n) is 10.2. The quantitative estimate of drug-likeness (QED) is 0.164. The van der Waals surface area contributed by atoms with E-state index in [9.17, 15) is 0 Å². The molecule has 1 heteroatoms. The van der Waals surface area contributed by atoms with Gasteiger partial charge < -0.3 is 5.32 Å². The van der Waals surface area contributed by atoms with E-state index < -0.39 is 0 Å². The number of nitrogens with one attached hydrogen (secondary N) is 1. The summed E-state index contributed by atoms with van der Waals surface area (Å²) in [6.07, 6.45) is 45.8. The molecule has 49 heavy (non-hydrogen) atoms. The van der Waals surface area contributed by atoms with Gasteiger partial charge in [-0.1, -0.05) is 136 Å². The molecular weight excluding hydrogens is 591 g/mol. The first-order valence-corrected chi connectivity index (χ1v) is 20.7. The second kappa shape index (κ2) is 18.6. The molecule has 5 aliphatic rings. The van der Waals surface area contributed by atoms with E-state index in [4.69, 9.17) is 0 Å². The Morgan fingerprint density at radius 1 is 0.878 bits per heavy atom. The van der Waals surface area contributed by atoms with Gasteiger partial charge in [-0.3, -0.25) is 0 Å². The Bertz CT molecular complexity index is 1530. The molecule has 1 fully saturated rings. The number of rotatable bonds is 13. The van der Waals surface area contributed by atoms with Crippen molar-refractivity contribution in [1.29, 1.82) is 0 Å². The monoisotopic (exact) mass is 658 g/mol. The summed E-state index contributed by atoms with van der Waals surface area (Å²) in [6.45, 7) is 7.93. The summed E-state index contributed by atoms with van der Waals surface area (Å²) < 4.78 is 0. The highest BCUT2D eigenvalue weighted by Crippen LogP contribution is 2.42. The van der Waals surface area contributed by atoms with Gasteiger partial charge in [-0.05, 0) is 142 Å². The Kier molecular flexibility index (Phi) is 13.7. The van der Waals surface area contributed by atoms with Crippen LogP contribution in [0.15, 0.2) is 95.7 Å². The summed E-state index contributed by atoms with van der Waals surface area (Å²) >= 11 is 0. The van der Waals surface area contributed by atoms with Gasteiger partial charge in [0.1, 0.15) is 0 Å². The summed E-state index contributed by atoms with van der Waals surface area (Å²) in [5, 5.41) is 7.08. The van der Waals surface area contributed by atoms with Gasteiger partial charge in [0.15, 0.2) is 0 Å². The lowest BCUT2D eigenvalue weighted by Gasteiger charge is -2.38. The number of benzene rings is 1. The van der Waals surface area contributed by atoms with E-state index in [2.05, 4.69) is 105 Å². The Balaban J connectivity index is 1.28. The molecule has 6 rings (SSSR count). The Labute approximate surface area is 300 Å². The molecule has 1 N–H and O–H groups in total. The van der Waals surface area contributed by atoms with Gasteiger partial charge in [-0.2, -0.15) is 0 Å². The van der Waals surface area contributed by atoms with Crippen LogP contribution in [0.1, 0.15) is 136 Å². The highest BCUT2D eigenvalue weighted by atomic mass is 14.9. The molecule has 264 valence electrons. The molecule has 1 aromatic rings. The van der Waals surface area contributed by atoms with Crippen LogP contribution in [0.2, 0.25) is 0 Å². The SMILES string of the molecule is C/C=C\CC(CCC)C1=CC[C@@H](C2=c3ccccc3=C(/C(C)=C/C=C(\CNC3CC=CCC3)[C@H]3C=CCCC3C3CCCCC3)CC2)CC1. The summed E-state index contributed by atoms with van der Waals surface area (Å²) in [7, 11) is 0. The van der Waals surface area contributed by atoms with Crippen molar-refractivity contribution in [3.05, 3.63) is 106 Å². The average molecular weight is 658 g/mol. The predicted molar refractivity (Wildman–Crippen MR) is 214 cm³/mol. The fourth-order valence-corrected chi connectivity index (χ4v) is 10.2. The van der Waals surface area contributed by atoms with E-state index in [0.717, 1.165) is 24.3 Å². The van der Waals surface area contributed by atoms with Crippen molar-refractivity contribution in [2.45, 2.75) is 142 Å². The third-order valence-electron chi connectivity index (χ3n) is 13.0. The molecular formula is C48H67N. The molecule has 0 saturated heterocycles. The molecule has 5 aliphatic carbocycles. The van der Waals surface area contributed by atoms with Crippen LogP contribution in [-0.4, -0.2) is 12.6 Å². The summed E-state index contributed by atoms with van der Waals surface area (Å²) in [4.78, 5) is 0. The maximum atomic E-state index is 4.03. The molecule has 5 atom stereocenters. The molecule has 1 saturated carbocycles. The van der Waals surface area contributed by atoms with E-state index >= 15 is 0 Å². The smallest absolute Gasteiger partial charge is 0.0176 e. The zero-order valence-electron chi connectivity index (χ0n) is 31.4. The van der Waals surface area contributed by atoms with Crippen molar-refractivity contribution in [3.63, 3.8) is 0 Å². The maximum Gasteiger partial charge on any atom is 0.0176 e. The lowest BCUT2D eigenvalue weighted by atomic mass is 9.68. The van der Waals surface area contributed by atoms with Crippen LogP contribution < -0.4 is 15.8 Å². The van der Waals surface area contributed by atoms with E-state index in [1.165, 1.54) is 126 Å². The average Bonchev–Trinajstić information content (AvgIpc) is 3.17. The molecule has 0 heterocycles. The highest BCUT2D eigenvalue weighted by Gasteiger charge is 2.32. The van der Waals surface area contributed by atoms with Crippen LogP contribution in [0.4, 0.5) is 0 Å². The summed E-state index contributed by atoms with van der Waals surface area (Å²) in [6, 6.07) is 10.0. The maximum absolute atomic E-state index is 4.03. The van der Waals surface area contributed by atoms with Crippen molar-refractivity contribution in [2.24, 2.45) is 29.6 Å². The van der Waals surface area contributed by atoms with Crippen LogP contribution in [0.5, 0.6) is 0 Å². The minimum Gasteiger partial charge on any atom is -0.310 e. The number of hydrogen-bond acceptors (Lipinski definition) is 1. The van der Waals surface area contributed by atoms with E-state index in [1.54, 1.807) is 27.5 Å². The van der Waals surface area contributed by atoms with E-state index in [-0.39, 0.29) is 0 Å². The number of allylic oxidation sites excluding steroid dienone is 10. The zero-order chi connectivity index (χ0) is 33.8. The van der Waals surface area contributed by atoms with Gasteiger partial charge in [-0.15, -0.1) is 0 Å². The molecule has 1 nitrogen and oxygen atoms in total. The molecule has 0 radical (unpaired) electrons. The van der Waals surface area contributed by atoms with Crippen LogP contribution in [0.3, 0.4) is 0 Å². The number of fused-ring (bicyclic) bond motifs is 1. The first-order chi connectivity index (χ1) is 24.2. The van der Waals surface area contributed by atoms with Gasteiger partial charge in [0.05, 0.1) is 0 Å². The lowest BCUT2D eigenvalue weighted by molar-refractivity contribution is 0.198. The van der Waals surface area contributed by atoms with Gasteiger partial charge >= 0.3 is 0 Å². The molecule has 1 aromatic carbocycles. The van der Waals surface area contributed by atoms with Gasteiger partial charge in [-0.25, -0.2) is 0 Å². The Hall–Kier alpha value is -2.64. The van der Waals surface area contributed by atoms with Crippen molar-refractivity contribution in [2.75, 3.05) is 6.54 Å². The standard InChI is InChI=1S/C48H67N/c1-4-6-18-37(17-5-2)38-29-31-40(32-30-38)46-34-33-43(47-25-15-16-26-48(46)47)36(3)27-28-41(35-49-42-21-11-8-12-22-42)45-24-14-13-23-44(45)39-19-9-7-10-20-39/h4,6,8,11,14-16,24-29,37,39-40,42,44-45,49H,5,7,9-10,12-13,17-23,30-35H2,1-3H3/b6-4-,36-27+,41-28+/t37?,40-,42?,44?,45-/m1/s1. The van der Waals surface area contributed by atoms with Crippen molar-refractivity contribution in [1.82, 2.24) is 5.32 Å². The van der Waals surface area contributed by atoms with Gasteiger partial charge in [0.25, 0.3) is 0 Å². The van der Waals surface area contributed by atoms with Crippen molar-refractivity contribution in [3.8, 4) is 0 Å². The second-order valence-electron chi connectivity index (χ2n) is 16.1. The van der Waals surface area contributed by atoms with Gasteiger partial charge in [0.2, 0.25) is 0 Å². The normalized spacial score (nSPS) is 27.8. The molecule has 0 spiro atoms. The zero-order valence-corrected chi connectivity index (χ0v) is 31.4. The third kappa shape index (κ3) is 9.38. The first kappa shape index (κ1) is 36.2. The van der Waals surface area contributed by atoms with Crippen LogP contribution in [-0.2, 0) is 0 Å². The molecule has 0 aliphatic heterocycles. The third-order valence-corrected chi connectivity index (χ3v) is 13.0. The second-order valence-corrected chi connectivity index (χ2v) is 16.1. The predicted octanol–water partition coefficient (Wildman–Crippen LogP) is 11.6. The molecule has 0 amide bonds. The largest absolute Gasteiger partial charge is 0.310 e. The summed E-state index contributed by atoms with van der Waals surface area (Å²) in [5.74, 6) is 3.73. The first-order valence-electron chi connectivity index (χ1n) is 20.7. The van der Waals surface area contributed by atoms with E-state index in [1.807, 2.05) is 0 Å². The van der Waals surface area contributed by atoms with Crippen LogP contribution in [0, 0.1) is 29.6 Å². The molecule has 3 unspecified atom stereocenters. The lowest BCUT2D eigenvalue weighted by Crippen LogP contribution is -2.35. The van der Waals surface area contributed by atoms with E-state index in [0.29, 0.717) is 17.9 Å². The van der Waals surface area contributed by atoms with Crippen molar-refractivity contribution >= 4 is 11.1 Å². The van der Waals surface area contributed by atoms with Crippen molar-refractivity contribution < 1.29 is 0 Å². The van der Waals surface area contributed by atoms with Gasteiger partial charge in [0, 0.05) is 18.5 Å². The minimum absolute atomic E-state index is 0.579. The Morgan fingerprint density at radius 2 is 1.71 bits per heavy atom. The fraction of sp³-hybridized carbons (Fsp3) is 0.583. The molecule has 0 bridgehead atoms. The van der Waals surface area contributed by atoms with Crippen LogP contribution >= 0.6 is 0 Å². The topological polar surface area (TPSA) is 12.0 Å². The Morgan fingerprint density at radius 3 is 2.47 bits per heavy atom. The summed E-state index contributed by atoms with van der Waals surface area (Å²) in [5.41, 5.74) is 8.13. The number of hydrogen-bond donors (Lipinski definition) is 1.